The molecule has 0 unspecified atom stereocenters. The maximum Gasteiger partial charge on any atom is 0.282 e. The van der Waals surface area contributed by atoms with Crippen molar-refractivity contribution < 1.29 is 8.42 Å². The van der Waals surface area contributed by atoms with Crippen molar-refractivity contribution in [3.63, 3.8) is 0 Å². The summed E-state index contributed by atoms with van der Waals surface area (Å²) in [6.45, 7) is 2.46. The van der Waals surface area contributed by atoms with Crippen molar-refractivity contribution in [3.8, 4) is 0 Å². The van der Waals surface area contributed by atoms with E-state index in [-0.39, 0.29) is 10.8 Å². The number of nitrogens with one attached hydrogen (secondary N) is 2. The fraction of sp³-hybridized carbons (Fsp3) is 0.167. The Kier molecular flexibility index (Phi) is 4.41. The molecule has 0 bridgehead atoms. The lowest BCUT2D eigenvalue weighted by Gasteiger charge is -2.11. The Balaban J connectivity index is 2.33. The van der Waals surface area contributed by atoms with Crippen LogP contribution in [0.1, 0.15) is 6.92 Å². The first-order valence-corrected chi connectivity index (χ1v) is 7.72. The van der Waals surface area contributed by atoms with Gasteiger partial charge >= 0.3 is 0 Å². The molecule has 0 fully saturated rings. The first kappa shape index (κ1) is 14.5. The first-order valence-electron chi connectivity index (χ1n) is 5.86. The zero-order valence-corrected chi connectivity index (χ0v) is 12.2. The normalized spacial score (nSPS) is 11.1. The molecular formula is C12H13ClN4O2S. The van der Waals surface area contributed by atoms with Crippen LogP contribution in [0.2, 0.25) is 5.02 Å². The van der Waals surface area contributed by atoms with Crippen LogP contribution >= 0.6 is 11.6 Å². The third kappa shape index (κ3) is 3.37. The molecule has 0 atom stereocenters. The van der Waals surface area contributed by atoms with Crippen LogP contribution in [0.4, 0.5) is 11.5 Å². The Labute approximate surface area is 122 Å². The third-order valence-electron chi connectivity index (χ3n) is 2.36. The average Bonchev–Trinajstić information content (AvgIpc) is 2.42. The second-order valence-corrected chi connectivity index (χ2v) is 5.89. The zero-order valence-electron chi connectivity index (χ0n) is 10.7. The second kappa shape index (κ2) is 6.06. The summed E-state index contributed by atoms with van der Waals surface area (Å²) in [7, 11) is -3.81. The molecule has 0 spiro atoms. The summed E-state index contributed by atoms with van der Waals surface area (Å²) in [4.78, 5) is 7.81. The van der Waals surface area contributed by atoms with Gasteiger partial charge in [0.25, 0.3) is 10.0 Å². The summed E-state index contributed by atoms with van der Waals surface area (Å²) >= 11 is 5.70. The largest absolute Gasteiger partial charge is 0.383 e. The van der Waals surface area contributed by atoms with Crippen molar-refractivity contribution in [3.05, 3.63) is 41.7 Å². The van der Waals surface area contributed by atoms with E-state index in [1.54, 1.807) is 18.2 Å². The molecule has 0 aliphatic carbocycles. The van der Waals surface area contributed by atoms with E-state index in [0.29, 0.717) is 17.3 Å². The molecule has 106 valence electrons. The van der Waals surface area contributed by atoms with Gasteiger partial charge in [-0.15, -0.1) is 0 Å². The van der Waals surface area contributed by atoms with Crippen LogP contribution in [-0.4, -0.2) is 24.9 Å². The molecule has 8 heteroatoms. The smallest absolute Gasteiger partial charge is 0.282 e. The molecule has 20 heavy (non-hydrogen) atoms. The molecule has 2 rings (SSSR count). The monoisotopic (exact) mass is 312 g/mol. The maximum absolute atomic E-state index is 12.3. The Bertz CT molecular complexity index is 689. The third-order valence-corrected chi connectivity index (χ3v) is 3.90. The van der Waals surface area contributed by atoms with Crippen LogP contribution in [0.25, 0.3) is 0 Å². The van der Waals surface area contributed by atoms with E-state index in [0.717, 1.165) is 0 Å². The molecular weight excluding hydrogens is 300 g/mol. The van der Waals surface area contributed by atoms with E-state index in [9.17, 15) is 8.42 Å². The molecule has 0 amide bonds. The van der Waals surface area contributed by atoms with Crippen LogP contribution in [-0.2, 0) is 10.0 Å². The van der Waals surface area contributed by atoms with E-state index >= 15 is 0 Å². The van der Waals surface area contributed by atoms with Gasteiger partial charge in [-0.05, 0) is 31.2 Å². The van der Waals surface area contributed by atoms with Gasteiger partial charge in [-0.2, -0.15) is 8.42 Å². The highest BCUT2D eigenvalue weighted by Crippen LogP contribution is 2.20. The van der Waals surface area contributed by atoms with Gasteiger partial charge in [-0.1, -0.05) is 11.6 Å². The molecule has 0 radical (unpaired) electrons. The highest BCUT2D eigenvalue weighted by Gasteiger charge is 2.20. The Hall–Kier alpha value is -1.86. The Morgan fingerprint density at radius 3 is 2.70 bits per heavy atom. The minimum Gasteiger partial charge on any atom is -0.383 e. The number of anilines is 2. The van der Waals surface area contributed by atoms with Gasteiger partial charge < -0.3 is 5.32 Å². The molecule has 0 aromatic carbocycles. The Morgan fingerprint density at radius 2 is 2.05 bits per heavy atom. The number of pyridine rings is 2. The van der Waals surface area contributed by atoms with Gasteiger partial charge in [0.05, 0.1) is 10.7 Å². The lowest BCUT2D eigenvalue weighted by Crippen LogP contribution is -2.17. The number of hydrogen-bond acceptors (Lipinski definition) is 5. The number of halogens is 1. The van der Waals surface area contributed by atoms with Crippen molar-refractivity contribution in [1.82, 2.24) is 9.97 Å². The molecule has 6 nitrogen and oxygen atoms in total. The zero-order chi connectivity index (χ0) is 14.6. The van der Waals surface area contributed by atoms with Crippen molar-refractivity contribution in [1.29, 1.82) is 0 Å². The fourth-order valence-corrected chi connectivity index (χ4v) is 2.79. The van der Waals surface area contributed by atoms with Crippen LogP contribution in [0.5, 0.6) is 0 Å². The fourth-order valence-electron chi connectivity index (χ4n) is 1.55. The lowest BCUT2D eigenvalue weighted by molar-refractivity contribution is 0.598. The number of hydrogen-bond donors (Lipinski definition) is 2. The van der Waals surface area contributed by atoms with Gasteiger partial charge in [0.15, 0.2) is 5.03 Å². The number of sulfonamides is 1. The van der Waals surface area contributed by atoms with Crippen molar-refractivity contribution in [2.45, 2.75) is 11.9 Å². The molecule has 0 saturated carbocycles. The molecule has 0 aliphatic heterocycles. The minimum atomic E-state index is -3.81. The second-order valence-electron chi connectivity index (χ2n) is 3.85. The number of nitrogens with zero attached hydrogens (tertiary/aromatic N) is 2. The average molecular weight is 313 g/mol. The summed E-state index contributed by atoms with van der Waals surface area (Å²) in [5, 5.41) is 3.31. The maximum atomic E-state index is 12.3. The van der Waals surface area contributed by atoms with E-state index < -0.39 is 10.0 Å². The summed E-state index contributed by atoms with van der Waals surface area (Å²) in [6.07, 6.45) is 2.79. The minimum absolute atomic E-state index is 0.0707. The van der Waals surface area contributed by atoms with Crippen LogP contribution in [0.3, 0.4) is 0 Å². The summed E-state index contributed by atoms with van der Waals surface area (Å²) in [5.41, 5.74) is 0.441. The summed E-state index contributed by atoms with van der Waals surface area (Å²) in [6, 6.07) is 6.35. The molecule has 2 aromatic rings. The van der Waals surface area contributed by atoms with Gasteiger partial charge in [0.1, 0.15) is 5.82 Å². The van der Waals surface area contributed by atoms with Gasteiger partial charge in [0.2, 0.25) is 0 Å². The highest BCUT2D eigenvalue weighted by atomic mass is 35.5. The van der Waals surface area contributed by atoms with Crippen LogP contribution < -0.4 is 10.0 Å². The summed E-state index contributed by atoms with van der Waals surface area (Å²) < 4.78 is 27.0. The summed E-state index contributed by atoms with van der Waals surface area (Å²) in [5.74, 6) is 0.183. The predicted molar refractivity (Wildman–Crippen MR) is 78.5 cm³/mol. The van der Waals surface area contributed by atoms with E-state index in [1.165, 1.54) is 18.5 Å². The van der Waals surface area contributed by atoms with Gasteiger partial charge in [-0.25, -0.2) is 9.97 Å². The molecule has 0 aliphatic rings. The van der Waals surface area contributed by atoms with Crippen molar-refractivity contribution in [2.75, 3.05) is 16.6 Å². The number of aromatic nitrogens is 2. The van der Waals surface area contributed by atoms with Crippen molar-refractivity contribution in [2.24, 2.45) is 0 Å². The molecule has 2 N–H and O–H groups in total. The van der Waals surface area contributed by atoms with E-state index in [1.807, 2.05) is 6.92 Å². The quantitative estimate of drug-likeness (QED) is 0.885. The highest BCUT2D eigenvalue weighted by molar-refractivity contribution is 7.92. The molecule has 2 aromatic heterocycles. The molecule has 2 heterocycles. The first-order chi connectivity index (χ1) is 9.53. The molecule has 0 saturated heterocycles. The predicted octanol–water partition coefficient (Wildman–Crippen LogP) is 2.36. The number of rotatable bonds is 5. The van der Waals surface area contributed by atoms with Crippen molar-refractivity contribution >= 4 is 33.1 Å². The SMILES string of the molecule is CCNc1cccnc1S(=O)(=O)Nc1ccc(Cl)cn1. The van der Waals surface area contributed by atoms with Gasteiger partial charge in [0, 0.05) is 18.9 Å². The topological polar surface area (TPSA) is 84.0 Å². The van der Waals surface area contributed by atoms with E-state index in [2.05, 4.69) is 20.0 Å². The van der Waals surface area contributed by atoms with Gasteiger partial charge in [-0.3, -0.25) is 4.72 Å². The van der Waals surface area contributed by atoms with E-state index in [4.69, 9.17) is 11.6 Å². The standard InChI is InChI=1S/C12H13ClN4O2S/c1-2-14-10-4-3-7-15-12(10)20(18,19)17-11-6-5-9(13)8-16-11/h3-8,14H,2H2,1H3,(H,16,17). The van der Waals surface area contributed by atoms with Crippen LogP contribution in [0, 0.1) is 0 Å². The van der Waals surface area contributed by atoms with Crippen LogP contribution in [0.15, 0.2) is 41.7 Å². The Morgan fingerprint density at radius 1 is 1.25 bits per heavy atom. The lowest BCUT2D eigenvalue weighted by atomic mass is 10.4.